The molecule has 0 amide bonds. The molecule has 110 valence electrons. The summed E-state index contributed by atoms with van der Waals surface area (Å²) in [5, 5.41) is 7.13. The normalized spacial score (nSPS) is 12.0. The van der Waals surface area contributed by atoms with Crippen LogP contribution in [-0.4, -0.2) is 9.78 Å². The van der Waals surface area contributed by atoms with Gasteiger partial charge in [0.15, 0.2) is 0 Å². The maximum Gasteiger partial charge on any atom is 0.283 e. The molecule has 1 unspecified atom stereocenters. The highest BCUT2D eigenvalue weighted by Crippen LogP contribution is 2.24. The molecular formula is C15H15BrFN3O. The van der Waals surface area contributed by atoms with E-state index in [0.29, 0.717) is 22.3 Å². The number of hydrogen-bond donors (Lipinski definition) is 1. The quantitative estimate of drug-likeness (QED) is 0.838. The topological polar surface area (TPSA) is 46.9 Å². The van der Waals surface area contributed by atoms with E-state index in [4.69, 9.17) is 0 Å². The van der Waals surface area contributed by atoms with E-state index in [-0.39, 0.29) is 17.4 Å². The second-order valence-electron chi connectivity index (χ2n) is 4.54. The van der Waals surface area contributed by atoms with Gasteiger partial charge in [-0.3, -0.25) is 4.79 Å². The van der Waals surface area contributed by atoms with E-state index in [2.05, 4.69) is 32.9 Å². The number of benzene rings is 1. The van der Waals surface area contributed by atoms with Crippen LogP contribution < -0.4 is 10.9 Å². The van der Waals surface area contributed by atoms with Gasteiger partial charge in [-0.05, 0) is 28.9 Å². The number of anilines is 1. The zero-order chi connectivity index (χ0) is 15.4. The summed E-state index contributed by atoms with van der Waals surface area (Å²) in [5.41, 5.74) is 0.788. The second kappa shape index (κ2) is 6.67. The first kappa shape index (κ1) is 15.4. The lowest BCUT2D eigenvalue weighted by Crippen LogP contribution is -2.24. The van der Waals surface area contributed by atoms with Crippen LogP contribution in [0.3, 0.4) is 0 Å². The van der Waals surface area contributed by atoms with Crippen LogP contribution in [0.25, 0.3) is 0 Å². The molecule has 0 spiro atoms. The summed E-state index contributed by atoms with van der Waals surface area (Å²) in [6.45, 7) is 5.73. The van der Waals surface area contributed by atoms with Gasteiger partial charge in [-0.1, -0.05) is 24.3 Å². The summed E-state index contributed by atoms with van der Waals surface area (Å²) in [4.78, 5) is 12.1. The van der Waals surface area contributed by atoms with Crippen molar-refractivity contribution in [2.45, 2.75) is 19.5 Å². The van der Waals surface area contributed by atoms with Crippen molar-refractivity contribution in [3.05, 3.63) is 69.3 Å². The Morgan fingerprint density at radius 3 is 2.90 bits per heavy atom. The predicted molar refractivity (Wildman–Crippen MR) is 84.8 cm³/mol. The Balaban J connectivity index is 2.28. The van der Waals surface area contributed by atoms with Crippen molar-refractivity contribution in [1.82, 2.24) is 9.78 Å². The number of rotatable bonds is 5. The van der Waals surface area contributed by atoms with Gasteiger partial charge in [0.25, 0.3) is 5.56 Å². The van der Waals surface area contributed by atoms with Crippen molar-refractivity contribution in [2.24, 2.45) is 0 Å². The number of allylic oxidation sites excluding steroid dienone is 1. The SMILES string of the molecule is C=CCn1ncc(NC(C)c2ccccc2F)c(Br)c1=O. The zero-order valence-corrected chi connectivity index (χ0v) is 13.1. The lowest BCUT2D eigenvalue weighted by Gasteiger charge is -2.17. The Morgan fingerprint density at radius 1 is 1.52 bits per heavy atom. The van der Waals surface area contributed by atoms with E-state index in [1.807, 2.05) is 6.92 Å². The number of nitrogens with one attached hydrogen (secondary N) is 1. The van der Waals surface area contributed by atoms with E-state index >= 15 is 0 Å². The molecule has 4 nitrogen and oxygen atoms in total. The van der Waals surface area contributed by atoms with Gasteiger partial charge in [0.1, 0.15) is 10.3 Å². The predicted octanol–water partition coefficient (Wildman–Crippen LogP) is 3.50. The first-order chi connectivity index (χ1) is 10.0. The van der Waals surface area contributed by atoms with Crippen molar-refractivity contribution < 1.29 is 4.39 Å². The summed E-state index contributed by atoms with van der Waals surface area (Å²) >= 11 is 3.26. The third kappa shape index (κ3) is 3.39. The Bertz CT molecular complexity index is 714. The van der Waals surface area contributed by atoms with Gasteiger partial charge < -0.3 is 5.32 Å². The summed E-state index contributed by atoms with van der Waals surface area (Å²) in [5.74, 6) is -0.290. The maximum atomic E-state index is 13.7. The molecule has 1 aromatic heterocycles. The lowest BCUT2D eigenvalue weighted by atomic mass is 10.1. The molecule has 0 fully saturated rings. The molecule has 21 heavy (non-hydrogen) atoms. The van der Waals surface area contributed by atoms with E-state index < -0.39 is 0 Å². The lowest BCUT2D eigenvalue weighted by molar-refractivity contribution is 0.599. The van der Waals surface area contributed by atoms with Crippen molar-refractivity contribution in [3.8, 4) is 0 Å². The van der Waals surface area contributed by atoms with Crippen molar-refractivity contribution in [1.29, 1.82) is 0 Å². The third-order valence-corrected chi connectivity index (χ3v) is 3.80. The Labute approximate surface area is 130 Å². The van der Waals surface area contributed by atoms with Crippen molar-refractivity contribution in [3.63, 3.8) is 0 Å². The zero-order valence-electron chi connectivity index (χ0n) is 11.5. The molecule has 0 saturated heterocycles. The summed E-state index contributed by atoms with van der Waals surface area (Å²) in [6, 6.07) is 6.22. The molecule has 1 N–H and O–H groups in total. The van der Waals surface area contributed by atoms with Gasteiger partial charge in [0.05, 0.1) is 24.5 Å². The minimum atomic E-state index is -0.293. The number of nitrogens with zero attached hydrogens (tertiary/aromatic N) is 2. The van der Waals surface area contributed by atoms with Gasteiger partial charge in [-0.15, -0.1) is 6.58 Å². The molecule has 0 radical (unpaired) electrons. The molecule has 2 rings (SSSR count). The smallest absolute Gasteiger partial charge is 0.283 e. The number of aromatic nitrogens is 2. The molecule has 1 aromatic carbocycles. The fourth-order valence-corrected chi connectivity index (χ4v) is 2.38. The Hall–Kier alpha value is -1.95. The van der Waals surface area contributed by atoms with Crippen LogP contribution in [0.5, 0.6) is 0 Å². The maximum absolute atomic E-state index is 13.7. The fourth-order valence-electron chi connectivity index (χ4n) is 1.96. The van der Waals surface area contributed by atoms with Crippen LogP contribution in [0.4, 0.5) is 10.1 Å². The molecule has 0 aliphatic heterocycles. The largest absolute Gasteiger partial charge is 0.376 e. The van der Waals surface area contributed by atoms with Crippen LogP contribution in [0, 0.1) is 5.82 Å². The van der Waals surface area contributed by atoms with Gasteiger partial charge in [0, 0.05) is 5.56 Å². The number of halogens is 2. The minimum Gasteiger partial charge on any atom is -0.376 e. The molecule has 1 heterocycles. The summed E-state index contributed by atoms with van der Waals surface area (Å²) in [6.07, 6.45) is 3.13. The van der Waals surface area contributed by atoms with Gasteiger partial charge in [-0.25, -0.2) is 9.07 Å². The Kier molecular flexibility index (Phi) is 4.90. The first-order valence-corrected chi connectivity index (χ1v) is 7.21. The van der Waals surface area contributed by atoms with Gasteiger partial charge in [-0.2, -0.15) is 5.10 Å². The Morgan fingerprint density at radius 2 is 2.24 bits per heavy atom. The highest BCUT2D eigenvalue weighted by atomic mass is 79.9. The average molecular weight is 352 g/mol. The van der Waals surface area contributed by atoms with E-state index in [9.17, 15) is 9.18 Å². The molecule has 0 saturated carbocycles. The van der Waals surface area contributed by atoms with Crippen LogP contribution in [-0.2, 0) is 6.54 Å². The van der Waals surface area contributed by atoms with Gasteiger partial charge >= 0.3 is 0 Å². The van der Waals surface area contributed by atoms with Crippen molar-refractivity contribution in [2.75, 3.05) is 5.32 Å². The molecule has 6 heteroatoms. The average Bonchev–Trinajstić information content (AvgIpc) is 2.47. The first-order valence-electron chi connectivity index (χ1n) is 6.42. The molecule has 0 bridgehead atoms. The monoisotopic (exact) mass is 351 g/mol. The molecule has 1 atom stereocenters. The highest BCUT2D eigenvalue weighted by Gasteiger charge is 2.14. The standard InChI is InChI=1S/C15H15BrFN3O/c1-3-8-20-15(21)14(16)13(9-18-20)19-10(2)11-6-4-5-7-12(11)17/h3-7,9-10,19H,1,8H2,2H3. The summed E-state index contributed by atoms with van der Waals surface area (Å²) < 4.78 is 15.4. The fraction of sp³-hybridized carbons (Fsp3) is 0.200. The highest BCUT2D eigenvalue weighted by molar-refractivity contribution is 9.10. The van der Waals surface area contributed by atoms with Gasteiger partial charge in [0.2, 0.25) is 0 Å². The molecule has 0 aliphatic carbocycles. The second-order valence-corrected chi connectivity index (χ2v) is 5.33. The van der Waals surface area contributed by atoms with E-state index in [1.54, 1.807) is 24.3 Å². The van der Waals surface area contributed by atoms with Crippen molar-refractivity contribution >= 4 is 21.6 Å². The summed E-state index contributed by atoms with van der Waals surface area (Å²) in [7, 11) is 0. The molecular weight excluding hydrogens is 337 g/mol. The van der Waals surface area contributed by atoms with E-state index in [1.165, 1.54) is 16.9 Å². The van der Waals surface area contributed by atoms with Crippen LogP contribution >= 0.6 is 15.9 Å². The van der Waals surface area contributed by atoms with Crippen LogP contribution in [0.2, 0.25) is 0 Å². The van der Waals surface area contributed by atoms with Crippen LogP contribution in [0.15, 0.2) is 52.4 Å². The third-order valence-electron chi connectivity index (χ3n) is 3.03. The molecule has 0 aliphatic rings. The van der Waals surface area contributed by atoms with Crippen LogP contribution in [0.1, 0.15) is 18.5 Å². The minimum absolute atomic E-state index is 0.263. The molecule has 2 aromatic rings. The van der Waals surface area contributed by atoms with E-state index in [0.717, 1.165) is 0 Å². The number of hydrogen-bond acceptors (Lipinski definition) is 3.